The first-order valence-corrected chi connectivity index (χ1v) is 5.63. The second-order valence-corrected chi connectivity index (χ2v) is 4.71. The van der Waals surface area contributed by atoms with Crippen LogP contribution in [0.3, 0.4) is 0 Å². The van der Waals surface area contributed by atoms with Crippen LogP contribution in [0.5, 0.6) is 0 Å². The minimum absolute atomic E-state index is 0.247. The first-order valence-electron chi connectivity index (χ1n) is 5.63. The predicted octanol–water partition coefficient (Wildman–Crippen LogP) is 2.55. The first kappa shape index (κ1) is 13.2. The van der Waals surface area contributed by atoms with Crippen molar-refractivity contribution in [3.8, 4) is 0 Å². The summed E-state index contributed by atoms with van der Waals surface area (Å²) in [5, 5.41) is 0. The number of anilines is 2. The van der Waals surface area contributed by atoms with Crippen molar-refractivity contribution in [2.75, 3.05) is 11.5 Å². The number of hydrogen-bond acceptors (Lipinski definition) is 3. The van der Waals surface area contributed by atoms with Gasteiger partial charge in [-0.25, -0.2) is 0 Å². The van der Waals surface area contributed by atoms with Crippen LogP contribution in [0.2, 0.25) is 0 Å². The molecule has 0 amide bonds. The van der Waals surface area contributed by atoms with E-state index in [4.69, 9.17) is 17.2 Å². The molecule has 0 aliphatic carbocycles. The third-order valence-corrected chi connectivity index (χ3v) is 2.66. The minimum Gasteiger partial charge on any atom is -0.399 e. The maximum absolute atomic E-state index is 5.98. The highest BCUT2D eigenvalue weighted by atomic mass is 14.6. The fraction of sp³-hybridized carbons (Fsp3) is 0.286. The summed E-state index contributed by atoms with van der Waals surface area (Å²) in [5.74, 6) is 0. The molecule has 0 spiro atoms. The summed E-state index contributed by atoms with van der Waals surface area (Å²) in [6, 6.07) is 5.52. The number of nitrogens with two attached hydrogens (primary N) is 3. The highest BCUT2D eigenvalue weighted by Crippen LogP contribution is 2.31. The van der Waals surface area contributed by atoms with Gasteiger partial charge in [-0.3, -0.25) is 0 Å². The topological polar surface area (TPSA) is 78.1 Å². The Morgan fingerprint density at radius 2 is 1.88 bits per heavy atom. The van der Waals surface area contributed by atoms with E-state index in [1.54, 1.807) is 6.07 Å². The summed E-state index contributed by atoms with van der Waals surface area (Å²) in [6.45, 7) is 6.06. The quantitative estimate of drug-likeness (QED) is 0.552. The Kier molecular flexibility index (Phi) is 3.84. The Balaban J connectivity index is 3.21. The van der Waals surface area contributed by atoms with E-state index in [1.807, 2.05) is 37.3 Å². The molecule has 0 aliphatic heterocycles. The monoisotopic (exact) mass is 231 g/mol. The van der Waals surface area contributed by atoms with Gasteiger partial charge in [-0.1, -0.05) is 26.0 Å². The fourth-order valence-corrected chi connectivity index (χ4v) is 1.87. The van der Waals surface area contributed by atoms with Crippen molar-refractivity contribution >= 4 is 11.4 Å². The molecule has 1 rings (SSSR count). The molecule has 0 unspecified atom stereocenters. The van der Waals surface area contributed by atoms with E-state index in [-0.39, 0.29) is 5.41 Å². The van der Waals surface area contributed by atoms with E-state index >= 15 is 0 Å². The molecular weight excluding hydrogens is 210 g/mol. The molecule has 0 radical (unpaired) electrons. The Morgan fingerprint density at radius 3 is 2.47 bits per heavy atom. The zero-order valence-corrected chi connectivity index (χ0v) is 10.7. The van der Waals surface area contributed by atoms with E-state index < -0.39 is 0 Å². The second kappa shape index (κ2) is 4.95. The lowest BCUT2D eigenvalue weighted by Gasteiger charge is -2.24. The smallest absolute Gasteiger partial charge is 0.0356 e. The van der Waals surface area contributed by atoms with Crippen LogP contribution < -0.4 is 17.2 Å². The highest BCUT2D eigenvalue weighted by molar-refractivity contribution is 5.59. The summed E-state index contributed by atoms with van der Waals surface area (Å²) in [6.07, 6.45) is 5.76. The minimum atomic E-state index is -0.247. The van der Waals surface area contributed by atoms with Crippen molar-refractivity contribution in [1.29, 1.82) is 0 Å². The Labute approximate surface area is 103 Å². The van der Waals surface area contributed by atoms with Gasteiger partial charge in [0.15, 0.2) is 0 Å². The third kappa shape index (κ3) is 3.28. The molecule has 0 heterocycles. The zero-order chi connectivity index (χ0) is 13.1. The van der Waals surface area contributed by atoms with Gasteiger partial charge in [-0.15, -0.1) is 0 Å². The van der Waals surface area contributed by atoms with Crippen LogP contribution in [0.4, 0.5) is 11.4 Å². The van der Waals surface area contributed by atoms with Gasteiger partial charge >= 0.3 is 0 Å². The van der Waals surface area contributed by atoms with Crippen molar-refractivity contribution < 1.29 is 0 Å². The van der Waals surface area contributed by atoms with Crippen LogP contribution >= 0.6 is 0 Å². The summed E-state index contributed by atoms with van der Waals surface area (Å²) < 4.78 is 0. The molecule has 0 aliphatic rings. The first-order chi connectivity index (χ1) is 7.86. The largest absolute Gasteiger partial charge is 0.399 e. The number of rotatable bonds is 3. The molecule has 1 aromatic carbocycles. The van der Waals surface area contributed by atoms with Crippen molar-refractivity contribution in [2.24, 2.45) is 5.73 Å². The average molecular weight is 231 g/mol. The van der Waals surface area contributed by atoms with E-state index in [9.17, 15) is 0 Å². The lowest BCUT2D eigenvalue weighted by Crippen LogP contribution is -2.18. The van der Waals surface area contributed by atoms with Crippen LogP contribution in [-0.4, -0.2) is 0 Å². The van der Waals surface area contributed by atoms with E-state index in [2.05, 4.69) is 13.8 Å². The molecule has 0 saturated heterocycles. The number of hydrogen-bond donors (Lipinski definition) is 3. The Hall–Kier alpha value is -1.90. The van der Waals surface area contributed by atoms with Gasteiger partial charge in [0.25, 0.3) is 0 Å². The molecule has 92 valence electrons. The SMILES string of the molecule is C/C=C\C(N)=C/C(C)(C)c1cc(N)ccc1N. The zero-order valence-electron chi connectivity index (χ0n) is 10.7. The molecule has 0 saturated carbocycles. The second-order valence-electron chi connectivity index (χ2n) is 4.71. The van der Waals surface area contributed by atoms with Gasteiger partial charge in [0.05, 0.1) is 0 Å². The lowest BCUT2D eigenvalue weighted by atomic mass is 9.82. The van der Waals surface area contributed by atoms with Crippen LogP contribution in [0.25, 0.3) is 0 Å². The molecule has 0 fully saturated rings. The van der Waals surface area contributed by atoms with Gasteiger partial charge in [0.2, 0.25) is 0 Å². The number of allylic oxidation sites excluding steroid dienone is 3. The number of nitrogen functional groups attached to an aromatic ring is 2. The molecule has 17 heavy (non-hydrogen) atoms. The standard InChI is InChI=1S/C14H21N3/c1-4-5-11(16)9-14(2,3)12-8-10(15)6-7-13(12)17/h4-9H,15-17H2,1-3H3/b5-4-,11-9+. The maximum Gasteiger partial charge on any atom is 0.0356 e. The van der Waals surface area contributed by atoms with Gasteiger partial charge in [-0.05, 0) is 36.8 Å². The molecule has 3 heteroatoms. The van der Waals surface area contributed by atoms with Crippen molar-refractivity contribution in [1.82, 2.24) is 0 Å². The fourth-order valence-electron chi connectivity index (χ4n) is 1.87. The molecular formula is C14H21N3. The predicted molar refractivity (Wildman–Crippen MR) is 75.4 cm³/mol. The molecule has 0 aromatic heterocycles. The van der Waals surface area contributed by atoms with E-state index in [0.717, 1.165) is 16.9 Å². The maximum atomic E-state index is 5.98. The van der Waals surface area contributed by atoms with E-state index in [1.165, 1.54) is 0 Å². The van der Waals surface area contributed by atoms with Crippen LogP contribution in [0.15, 0.2) is 42.1 Å². The average Bonchev–Trinajstić information content (AvgIpc) is 2.21. The lowest BCUT2D eigenvalue weighted by molar-refractivity contribution is 0.668. The third-order valence-electron chi connectivity index (χ3n) is 2.66. The number of benzene rings is 1. The van der Waals surface area contributed by atoms with Gasteiger partial charge < -0.3 is 17.2 Å². The summed E-state index contributed by atoms with van der Waals surface area (Å²) >= 11 is 0. The Morgan fingerprint density at radius 1 is 1.24 bits per heavy atom. The van der Waals surface area contributed by atoms with Gasteiger partial charge in [-0.2, -0.15) is 0 Å². The van der Waals surface area contributed by atoms with Crippen LogP contribution in [0.1, 0.15) is 26.3 Å². The normalized spacial score (nSPS) is 13.2. The molecule has 3 nitrogen and oxygen atoms in total. The van der Waals surface area contributed by atoms with E-state index in [0.29, 0.717) is 5.69 Å². The van der Waals surface area contributed by atoms with Crippen molar-refractivity contribution in [2.45, 2.75) is 26.2 Å². The van der Waals surface area contributed by atoms with Gasteiger partial charge in [0.1, 0.15) is 0 Å². The molecule has 0 bridgehead atoms. The molecule has 1 aromatic rings. The van der Waals surface area contributed by atoms with Crippen molar-refractivity contribution in [3.05, 3.63) is 47.7 Å². The Bertz CT molecular complexity index is 457. The molecule has 6 N–H and O–H groups in total. The summed E-state index contributed by atoms with van der Waals surface area (Å²) in [4.78, 5) is 0. The van der Waals surface area contributed by atoms with Gasteiger partial charge in [0, 0.05) is 22.5 Å². The highest BCUT2D eigenvalue weighted by Gasteiger charge is 2.20. The van der Waals surface area contributed by atoms with Crippen molar-refractivity contribution in [3.63, 3.8) is 0 Å². The summed E-state index contributed by atoms with van der Waals surface area (Å²) in [5.41, 5.74) is 20.6. The molecule has 0 atom stereocenters. The van der Waals surface area contributed by atoms with Crippen LogP contribution in [-0.2, 0) is 5.41 Å². The van der Waals surface area contributed by atoms with Crippen LogP contribution in [0, 0.1) is 0 Å². The summed E-state index contributed by atoms with van der Waals surface area (Å²) in [7, 11) is 0.